The number of piperazine rings is 1. The van der Waals surface area contributed by atoms with Crippen molar-refractivity contribution in [2.45, 2.75) is 97.2 Å². The zero-order valence-electron chi connectivity index (χ0n) is 26.8. The highest BCUT2D eigenvalue weighted by Gasteiger charge is 2.35. The summed E-state index contributed by atoms with van der Waals surface area (Å²) < 4.78 is 20.9. The third kappa shape index (κ3) is 9.91. The molecular weight excluding hydrogens is 553 g/mol. The van der Waals surface area contributed by atoms with Crippen LogP contribution in [0.2, 0.25) is 0 Å². The number of nitrogens with one attached hydrogen (secondary N) is 3. The van der Waals surface area contributed by atoms with Crippen LogP contribution in [0.4, 0.5) is 14.9 Å². The standard InChI is InChI=1S/C32H50FN5O5/c1-8-26(39)35-27(30(41)38-17-15-37(7)16-18-38)21(3)23-13-14-25(24(33)19-23)34-29(40)28(22-11-9-20(2)10-12-22)36-31(42)43-32(4,5)6/h13-14,19-22,27-28H,8-12,15-18H2,1-7H3,(H,34,40)(H,35,39)(H,36,42)/t20-,21-,22-,27+,28-/m0/s1. The Morgan fingerprint density at radius 2 is 1.65 bits per heavy atom. The summed E-state index contributed by atoms with van der Waals surface area (Å²) in [5.41, 5.74) is -0.241. The monoisotopic (exact) mass is 603 g/mol. The van der Waals surface area contributed by atoms with Gasteiger partial charge in [0.05, 0.1) is 5.69 Å². The van der Waals surface area contributed by atoms with E-state index in [1.165, 1.54) is 12.1 Å². The van der Waals surface area contributed by atoms with E-state index < -0.39 is 41.4 Å². The maximum absolute atomic E-state index is 15.5. The molecular formula is C32H50FN5O5. The van der Waals surface area contributed by atoms with Gasteiger partial charge in [-0.1, -0.05) is 39.7 Å². The highest BCUT2D eigenvalue weighted by Crippen LogP contribution is 2.32. The van der Waals surface area contributed by atoms with E-state index >= 15 is 4.39 Å². The molecule has 1 aromatic carbocycles. The third-order valence-corrected chi connectivity index (χ3v) is 8.48. The number of carbonyl (C=O) groups excluding carboxylic acids is 4. The van der Waals surface area contributed by atoms with E-state index in [-0.39, 0.29) is 29.8 Å². The number of carbonyl (C=O) groups is 4. The molecule has 1 saturated heterocycles. The van der Waals surface area contributed by atoms with E-state index in [9.17, 15) is 19.2 Å². The fourth-order valence-corrected chi connectivity index (χ4v) is 5.67. The molecule has 11 heteroatoms. The second-order valence-corrected chi connectivity index (χ2v) is 13.2. The number of anilines is 1. The van der Waals surface area contributed by atoms with E-state index in [4.69, 9.17) is 4.74 Å². The van der Waals surface area contributed by atoms with Gasteiger partial charge in [0.2, 0.25) is 17.7 Å². The van der Waals surface area contributed by atoms with Crippen molar-refractivity contribution in [2.24, 2.45) is 11.8 Å². The van der Waals surface area contributed by atoms with Crippen molar-refractivity contribution < 1.29 is 28.3 Å². The lowest BCUT2D eigenvalue weighted by atomic mass is 9.79. The normalized spacial score (nSPS) is 21.7. The molecule has 0 spiro atoms. The highest BCUT2D eigenvalue weighted by atomic mass is 19.1. The molecule has 3 rings (SSSR count). The Balaban J connectivity index is 1.78. The Labute approximate surface area is 255 Å². The van der Waals surface area contributed by atoms with Gasteiger partial charge in [0.15, 0.2) is 0 Å². The predicted octanol–water partition coefficient (Wildman–Crippen LogP) is 4.26. The molecule has 43 heavy (non-hydrogen) atoms. The van der Waals surface area contributed by atoms with Gasteiger partial charge < -0.3 is 30.5 Å². The summed E-state index contributed by atoms with van der Waals surface area (Å²) in [5, 5.41) is 8.24. The van der Waals surface area contributed by atoms with Gasteiger partial charge in [-0.05, 0) is 70.2 Å². The summed E-state index contributed by atoms with van der Waals surface area (Å²) in [7, 11) is 2.00. The number of hydrogen-bond acceptors (Lipinski definition) is 6. The first-order chi connectivity index (χ1) is 20.2. The fraction of sp³-hybridized carbons (Fsp3) is 0.688. The molecule has 1 aliphatic heterocycles. The van der Waals surface area contributed by atoms with E-state index in [2.05, 4.69) is 27.8 Å². The maximum Gasteiger partial charge on any atom is 0.408 e. The smallest absolute Gasteiger partial charge is 0.408 e. The van der Waals surface area contributed by atoms with Crippen molar-refractivity contribution in [2.75, 3.05) is 38.5 Å². The third-order valence-electron chi connectivity index (χ3n) is 8.48. The van der Waals surface area contributed by atoms with Crippen LogP contribution in [-0.2, 0) is 19.1 Å². The van der Waals surface area contributed by atoms with Crippen LogP contribution < -0.4 is 16.0 Å². The SMILES string of the molecule is CCC(=O)N[C@@H](C(=O)N1CCN(C)CC1)[C@@H](C)c1ccc(NC(=O)[C@@H](NC(=O)OC(C)(C)C)[C@H]2CC[C@H](C)CC2)c(F)c1. The molecule has 1 saturated carbocycles. The Morgan fingerprint density at radius 3 is 2.21 bits per heavy atom. The molecule has 0 radical (unpaired) electrons. The van der Waals surface area contributed by atoms with Gasteiger partial charge in [0.1, 0.15) is 23.5 Å². The van der Waals surface area contributed by atoms with Crippen molar-refractivity contribution in [3.8, 4) is 0 Å². The first-order valence-electron chi connectivity index (χ1n) is 15.5. The van der Waals surface area contributed by atoms with Gasteiger partial charge in [-0.2, -0.15) is 0 Å². The van der Waals surface area contributed by atoms with Crippen LogP contribution in [0, 0.1) is 17.7 Å². The zero-order valence-corrected chi connectivity index (χ0v) is 26.8. The first kappa shape index (κ1) is 34.3. The second kappa shape index (κ2) is 15.0. The molecule has 4 amide bonds. The number of amides is 4. The molecule has 1 heterocycles. The Kier molecular flexibility index (Phi) is 12.0. The molecule has 1 aliphatic carbocycles. The lowest BCUT2D eigenvalue weighted by molar-refractivity contribution is -0.138. The van der Waals surface area contributed by atoms with E-state index in [1.807, 2.05) is 7.05 Å². The van der Waals surface area contributed by atoms with E-state index in [0.717, 1.165) is 38.8 Å². The molecule has 0 bridgehead atoms. The lowest BCUT2D eigenvalue weighted by Crippen LogP contribution is -2.55. The minimum absolute atomic E-state index is 0.0272. The molecule has 3 atom stereocenters. The fourth-order valence-electron chi connectivity index (χ4n) is 5.67. The quantitative estimate of drug-likeness (QED) is 0.388. The number of hydrogen-bond donors (Lipinski definition) is 3. The summed E-state index contributed by atoms with van der Waals surface area (Å²) in [5.74, 6) is -1.71. The molecule has 3 N–H and O–H groups in total. The van der Waals surface area contributed by atoms with Crippen molar-refractivity contribution in [1.29, 1.82) is 0 Å². The van der Waals surface area contributed by atoms with Crippen molar-refractivity contribution in [1.82, 2.24) is 20.4 Å². The zero-order chi connectivity index (χ0) is 31.9. The van der Waals surface area contributed by atoms with Crippen LogP contribution in [0.3, 0.4) is 0 Å². The number of ether oxygens (including phenoxy) is 1. The number of rotatable bonds is 9. The molecule has 1 aromatic rings. The lowest BCUT2D eigenvalue weighted by Gasteiger charge is -2.36. The molecule has 240 valence electrons. The highest BCUT2D eigenvalue weighted by molar-refractivity contribution is 5.97. The number of halogens is 1. The summed E-state index contributed by atoms with van der Waals surface area (Å²) in [6.07, 6.45) is 2.93. The predicted molar refractivity (Wildman–Crippen MR) is 164 cm³/mol. The van der Waals surface area contributed by atoms with Gasteiger partial charge in [-0.15, -0.1) is 0 Å². The number of alkyl carbamates (subject to hydrolysis) is 1. The molecule has 2 fully saturated rings. The van der Waals surface area contributed by atoms with Crippen LogP contribution in [0.25, 0.3) is 0 Å². The largest absolute Gasteiger partial charge is 0.444 e. The van der Waals surface area contributed by atoms with Gasteiger partial charge in [-0.3, -0.25) is 14.4 Å². The summed E-state index contributed by atoms with van der Waals surface area (Å²) >= 11 is 0. The van der Waals surface area contributed by atoms with E-state index in [1.54, 1.807) is 45.6 Å². The van der Waals surface area contributed by atoms with Crippen LogP contribution >= 0.6 is 0 Å². The Morgan fingerprint density at radius 1 is 1.02 bits per heavy atom. The minimum Gasteiger partial charge on any atom is -0.444 e. The maximum atomic E-state index is 15.5. The number of nitrogens with zero attached hydrogens (tertiary/aromatic N) is 2. The van der Waals surface area contributed by atoms with Crippen LogP contribution in [-0.4, -0.2) is 84.5 Å². The Bertz CT molecular complexity index is 1140. The van der Waals surface area contributed by atoms with Crippen molar-refractivity contribution in [3.63, 3.8) is 0 Å². The second-order valence-electron chi connectivity index (χ2n) is 13.2. The van der Waals surface area contributed by atoms with Gasteiger partial charge >= 0.3 is 6.09 Å². The average Bonchev–Trinajstić information content (AvgIpc) is 2.94. The molecule has 0 unspecified atom stereocenters. The van der Waals surface area contributed by atoms with Gasteiger partial charge in [0, 0.05) is 38.5 Å². The average molecular weight is 604 g/mol. The summed E-state index contributed by atoms with van der Waals surface area (Å²) in [4.78, 5) is 55.8. The van der Waals surface area contributed by atoms with Crippen molar-refractivity contribution >= 4 is 29.5 Å². The first-order valence-corrected chi connectivity index (χ1v) is 15.5. The molecule has 0 aromatic heterocycles. The van der Waals surface area contributed by atoms with Crippen LogP contribution in [0.5, 0.6) is 0 Å². The topological polar surface area (TPSA) is 120 Å². The number of benzene rings is 1. The summed E-state index contributed by atoms with van der Waals surface area (Å²) in [6, 6.07) is 2.68. The number of likely N-dealkylation sites (N-methyl/N-ethyl adjacent to an activating group) is 1. The van der Waals surface area contributed by atoms with Crippen LogP contribution in [0.1, 0.15) is 85.1 Å². The summed E-state index contributed by atoms with van der Waals surface area (Å²) in [6.45, 7) is 13.5. The van der Waals surface area contributed by atoms with Gasteiger partial charge in [0.25, 0.3) is 0 Å². The van der Waals surface area contributed by atoms with Gasteiger partial charge in [-0.25, -0.2) is 9.18 Å². The minimum atomic E-state index is -0.879. The van der Waals surface area contributed by atoms with E-state index in [0.29, 0.717) is 24.6 Å². The molecule has 10 nitrogen and oxygen atoms in total. The Hall–Kier alpha value is -3.21. The van der Waals surface area contributed by atoms with Crippen LogP contribution in [0.15, 0.2) is 18.2 Å². The molecule has 2 aliphatic rings. The van der Waals surface area contributed by atoms with Crippen molar-refractivity contribution in [3.05, 3.63) is 29.6 Å².